The Bertz CT molecular complexity index is 677. The number of benzene rings is 1. The summed E-state index contributed by atoms with van der Waals surface area (Å²) in [5.41, 5.74) is 7.41. The minimum absolute atomic E-state index is 0.0392. The number of nitrogens with zero attached hydrogens (tertiary/aromatic N) is 3. The van der Waals surface area contributed by atoms with Gasteiger partial charge in [-0.25, -0.2) is 4.98 Å². The molecule has 2 rings (SSSR count). The number of rotatable bonds is 5. The topological polar surface area (TPSA) is 64.2 Å². The molecule has 0 radical (unpaired) electrons. The van der Waals surface area contributed by atoms with Crippen LogP contribution in [0, 0.1) is 0 Å². The summed E-state index contributed by atoms with van der Waals surface area (Å²) in [6.45, 7) is 4.22. The summed E-state index contributed by atoms with van der Waals surface area (Å²) in [5, 5.41) is 0. The SMILES string of the molecule is CC(C)N(C)C(=O)Cn1c(CC(N)=S)nc2ccccc21. The molecule has 1 aromatic heterocycles. The van der Waals surface area contributed by atoms with E-state index in [0.29, 0.717) is 11.4 Å². The van der Waals surface area contributed by atoms with Crippen molar-refractivity contribution in [3.05, 3.63) is 30.1 Å². The minimum Gasteiger partial charge on any atom is -0.393 e. The summed E-state index contributed by atoms with van der Waals surface area (Å²) in [4.78, 5) is 19.0. The van der Waals surface area contributed by atoms with Crippen LogP contribution >= 0.6 is 12.2 Å². The quantitative estimate of drug-likeness (QED) is 0.855. The van der Waals surface area contributed by atoms with Crippen LogP contribution in [-0.2, 0) is 17.8 Å². The highest BCUT2D eigenvalue weighted by Gasteiger charge is 2.17. The summed E-state index contributed by atoms with van der Waals surface area (Å²) in [5.74, 6) is 0.770. The number of hydrogen-bond acceptors (Lipinski definition) is 3. The molecule has 2 aromatic rings. The number of carbonyl (C=O) groups is 1. The normalized spacial score (nSPS) is 11.0. The van der Waals surface area contributed by atoms with E-state index in [4.69, 9.17) is 18.0 Å². The number of hydrogen-bond donors (Lipinski definition) is 1. The Morgan fingerprint density at radius 1 is 1.43 bits per heavy atom. The molecule has 0 unspecified atom stereocenters. The molecule has 0 fully saturated rings. The van der Waals surface area contributed by atoms with Gasteiger partial charge in [0.1, 0.15) is 12.4 Å². The van der Waals surface area contributed by atoms with Gasteiger partial charge in [0.15, 0.2) is 0 Å². The predicted molar refractivity (Wildman–Crippen MR) is 88.1 cm³/mol. The minimum atomic E-state index is 0.0392. The number of aromatic nitrogens is 2. The van der Waals surface area contributed by atoms with Gasteiger partial charge in [0.2, 0.25) is 5.91 Å². The molecule has 2 N–H and O–H groups in total. The van der Waals surface area contributed by atoms with Crippen LogP contribution in [-0.4, -0.2) is 38.4 Å². The van der Waals surface area contributed by atoms with Crippen LogP contribution in [0.25, 0.3) is 11.0 Å². The van der Waals surface area contributed by atoms with Crippen LogP contribution in [0.2, 0.25) is 0 Å². The average molecular weight is 304 g/mol. The molecule has 21 heavy (non-hydrogen) atoms. The van der Waals surface area contributed by atoms with Crippen molar-refractivity contribution in [2.75, 3.05) is 7.05 Å². The number of nitrogens with two attached hydrogens (primary N) is 1. The molecule has 5 nitrogen and oxygen atoms in total. The Morgan fingerprint density at radius 2 is 2.10 bits per heavy atom. The van der Waals surface area contributed by atoms with Gasteiger partial charge in [-0.2, -0.15) is 0 Å². The number of imidazole rings is 1. The number of likely N-dealkylation sites (N-methyl/N-ethyl adjacent to an activating group) is 1. The molecule has 0 atom stereocenters. The molecule has 112 valence electrons. The first-order valence-electron chi connectivity index (χ1n) is 6.88. The van der Waals surface area contributed by atoms with Crippen LogP contribution in [0.1, 0.15) is 19.7 Å². The van der Waals surface area contributed by atoms with Crippen LogP contribution < -0.4 is 5.73 Å². The maximum absolute atomic E-state index is 12.3. The standard InChI is InChI=1S/C15H20N4OS/c1-10(2)18(3)15(20)9-19-12-7-5-4-6-11(12)17-14(19)8-13(16)21/h4-7,10H,8-9H2,1-3H3,(H2,16,21). The number of amides is 1. The van der Waals surface area contributed by atoms with Crippen molar-refractivity contribution in [1.82, 2.24) is 14.5 Å². The summed E-state index contributed by atoms with van der Waals surface area (Å²) in [6, 6.07) is 7.89. The molecule has 0 saturated carbocycles. The fourth-order valence-corrected chi connectivity index (χ4v) is 2.26. The lowest BCUT2D eigenvalue weighted by Crippen LogP contribution is -2.36. The van der Waals surface area contributed by atoms with E-state index < -0.39 is 0 Å². The third kappa shape index (κ3) is 3.39. The Hall–Kier alpha value is -1.95. The highest BCUT2D eigenvalue weighted by atomic mass is 32.1. The van der Waals surface area contributed by atoms with Crippen molar-refractivity contribution < 1.29 is 4.79 Å². The number of carbonyl (C=O) groups excluding carboxylic acids is 1. The van der Waals surface area contributed by atoms with Crippen LogP contribution in [0.15, 0.2) is 24.3 Å². The fourth-order valence-electron chi connectivity index (χ4n) is 2.13. The molecule has 0 aliphatic carbocycles. The second-order valence-electron chi connectivity index (χ2n) is 5.34. The monoisotopic (exact) mass is 304 g/mol. The second-order valence-corrected chi connectivity index (χ2v) is 5.87. The zero-order chi connectivity index (χ0) is 15.6. The third-order valence-corrected chi connectivity index (χ3v) is 3.67. The van der Waals surface area contributed by atoms with Crippen molar-refractivity contribution in [2.24, 2.45) is 5.73 Å². The maximum atomic E-state index is 12.3. The Balaban J connectivity index is 2.40. The van der Waals surface area contributed by atoms with Crippen molar-refractivity contribution in [3.63, 3.8) is 0 Å². The zero-order valence-corrected chi connectivity index (χ0v) is 13.4. The molecular formula is C15H20N4OS. The van der Waals surface area contributed by atoms with Gasteiger partial charge >= 0.3 is 0 Å². The van der Waals surface area contributed by atoms with E-state index in [1.54, 1.807) is 11.9 Å². The van der Waals surface area contributed by atoms with E-state index in [1.807, 2.05) is 42.7 Å². The summed E-state index contributed by atoms with van der Waals surface area (Å²) in [6.07, 6.45) is 0.392. The van der Waals surface area contributed by atoms with Crippen LogP contribution in [0.5, 0.6) is 0 Å². The molecular weight excluding hydrogens is 284 g/mol. The lowest BCUT2D eigenvalue weighted by atomic mass is 10.3. The fraction of sp³-hybridized carbons (Fsp3) is 0.400. The lowest BCUT2D eigenvalue weighted by Gasteiger charge is -2.22. The lowest BCUT2D eigenvalue weighted by molar-refractivity contribution is -0.131. The average Bonchev–Trinajstić information content (AvgIpc) is 2.75. The van der Waals surface area contributed by atoms with E-state index in [2.05, 4.69) is 4.98 Å². The second kappa shape index (κ2) is 6.22. The highest BCUT2D eigenvalue weighted by Crippen LogP contribution is 2.17. The van der Waals surface area contributed by atoms with E-state index in [0.717, 1.165) is 16.9 Å². The number of fused-ring (bicyclic) bond motifs is 1. The first kappa shape index (κ1) is 15.4. The van der Waals surface area contributed by atoms with Crippen molar-refractivity contribution in [1.29, 1.82) is 0 Å². The van der Waals surface area contributed by atoms with Crippen LogP contribution in [0.4, 0.5) is 0 Å². The smallest absolute Gasteiger partial charge is 0.242 e. The van der Waals surface area contributed by atoms with Gasteiger partial charge < -0.3 is 15.2 Å². The first-order valence-corrected chi connectivity index (χ1v) is 7.29. The van der Waals surface area contributed by atoms with Crippen LogP contribution in [0.3, 0.4) is 0 Å². The predicted octanol–water partition coefficient (Wildman–Crippen LogP) is 1.73. The zero-order valence-electron chi connectivity index (χ0n) is 12.5. The van der Waals surface area contributed by atoms with Crippen molar-refractivity contribution in [3.8, 4) is 0 Å². The molecule has 0 aliphatic rings. The third-order valence-electron chi connectivity index (χ3n) is 3.53. The molecule has 0 spiro atoms. The van der Waals surface area contributed by atoms with E-state index >= 15 is 0 Å². The van der Waals surface area contributed by atoms with Crippen molar-refractivity contribution in [2.45, 2.75) is 32.9 Å². The summed E-state index contributed by atoms with van der Waals surface area (Å²) in [7, 11) is 1.80. The van der Waals surface area contributed by atoms with Gasteiger partial charge in [-0.1, -0.05) is 24.4 Å². The van der Waals surface area contributed by atoms with Gasteiger partial charge in [-0.3, -0.25) is 4.79 Å². The molecule has 0 aliphatic heterocycles. The highest BCUT2D eigenvalue weighted by molar-refractivity contribution is 7.80. The van der Waals surface area contributed by atoms with E-state index in [9.17, 15) is 4.79 Å². The maximum Gasteiger partial charge on any atom is 0.242 e. The molecule has 1 amide bonds. The largest absolute Gasteiger partial charge is 0.393 e. The Kier molecular flexibility index (Phi) is 4.57. The first-order chi connectivity index (χ1) is 9.90. The Labute approximate surface area is 129 Å². The number of para-hydroxylation sites is 2. The summed E-state index contributed by atoms with van der Waals surface area (Å²) < 4.78 is 1.90. The van der Waals surface area contributed by atoms with E-state index in [1.165, 1.54) is 0 Å². The van der Waals surface area contributed by atoms with Gasteiger partial charge in [0.25, 0.3) is 0 Å². The van der Waals surface area contributed by atoms with Gasteiger partial charge in [-0.15, -0.1) is 0 Å². The Morgan fingerprint density at radius 3 is 2.71 bits per heavy atom. The molecule has 0 saturated heterocycles. The molecule has 1 aromatic carbocycles. The van der Waals surface area contributed by atoms with Gasteiger partial charge in [-0.05, 0) is 26.0 Å². The van der Waals surface area contributed by atoms with Gasteiger partial charge in [0.05, 0.1) is 22.4 Å². The van der Waals surface area contributed by atoms with E-state index in [-0.39, 0.29) is 18.5 Å². The summed E-state index contributed by atoms with van der Waals surface area (Å²) >= 11 is 4.98. The van der Waals surface area contributed by atoms with Crippen molar-refractivity contribution >= 4 is 34.1 Å². The number of thiocarbonyl (C=S) groups is 1. The molecule has 1 heterocycles. The van der Waals surface area contributed by atoms with Gasteiger partial charge in [0, 0.05) is 13.1 Å². The molecule has 0 bridgehead atoms. The molecule has 6 heteroatoms.